The highest BCUT2D eigenvalue weighted by molar-refractivity contribution is 5.30. The van der Waals surface area contributed by atoms with Gasteiger partial charge in [-0.2, -0.15) is 0 Å². The first-order valence-electron chi connectivity index (χ1n) is 5.92. The molecule has 0 aliphatic rings. The minimum Gasteiger partial charge on any atom is -0.406 e. The van der Waals surface area contributed by atoms with Crippen LogP contribution in [0, 0.1) is 0 Å². The maximum atomic E-state index is 12.2. The Kier molecular flexibility index (Phi) is 1.76. The molecule has 1 aromatic rings. The highest BCUT2D eigenvalue weighted by Crippen LogP contribution is 2.25. The lowest BCUT2D eigenvalue weighted by molar-refractivity contribution is -0.274. The Labute approximate surface area is 86.1 Å². The SMILES string of the molecule is [2H]c1c([2H])c(OC(F)(F)F)c([2H])c(C(C)C)c1[2H]. The largest absolute Gasteiger partial charge is 0.573 e. The first kappa shape index (κ1) is 6.32. The first-order valence-corrected chi connectivity index (χ1v) is 3.92. The second-order valence-electron chi connectivity index (χ2n) is 2.95. The zero-order chi connectivity index (χ0) is 14.2. The van der Waals surface area contributed by atoms with Crippen LogP contribution in [-0.4, -0.2) is 6.36 Å². The van der Waals surface area contributed by atoms with Crippen LogP contribution in [0.15, 0.2) is 24.2 Å². The van der Waals surface area contributed by atoms with E-state index >= 15 is 0 Å². The quantitative estimate of drug-likeness (QED) is 0.719. The predicted octanol–water partition coefficient (Wildman–Crippen LogP) is 3.71. The molecule has 0 atom stereocenters. The maximum Gasteiger partial charge on any atom is 0.573 e. The number of hydrogen-bond donors (Lipinski definition) is 0. The van der Waals surface area contributed by atoms with Gasteiger partial charge in [-0.3, -0.25) is 0 Å². The molecule has 4 heteroatoms. The van der Waals surface area contributed by atoms with Crippen LogP contribution in [-0.2, 0) is 0 Å². The minimum absolute atomic E-state index is 0.0322. The number of ether oxygens (including phenoxy) is 1. The zero-order valence-electron chi connectivity index (χ0n) is 11.6. The van der Waals surface area contributed by atoms with E-state index in [2.05, 4.69) is 4.74 Å². The van der Waals surface area contributed by atoms with E-state index in [4.69, 9.17) is 5.48 Å². The standard InChI is InChI=1S/C10H11F3O/c1-7(2)8-4-3-5-9(6-8)14-10(11,12)13/h3-7H,1-2H3/i3D,4D,5D,6D. The van der Waals surface area contributed by atoms with Crippen molar-refractivity contribution < 1.29 is 23.4 Å². The van der Waals surface area contributed by atoms with Gasteiger partial charge in [0, 0.05) is 0 Å². The third kappa shape index (κ3) is 3.28. The molecule has 0 bridgehead atoms. The Morgan fingerprint density at radius 1 is 1.36 bits per heavy atom. The lowest BCUT2D eigenvalue weighted by Gasteiger charge is -2.11. The molecule has 78 valence electrons. The number of alkyl halides is 3. The van der Waals surface area contributed by atoms with Crippen molar-refractivity contribution in [3.05, 3.63) is 29.7 Å². The fraction of sp³-hybridized carbons (Fsp3) is 0.400. The van der Waals surface area contributed by atoms with E-state index in [9.17, 15) is 13.2 Å². The Morgan fingerprint density at radius 3 is 2.50 bits per heavy atom. The molecule has 0 amide bonds. The van der Waals surface area contributed by atoms with Gasteiger partial charge < -0.3 is 4.74 Å². The molecule has 0 aromatic heterocycles. The normalized spacial score (nSPS) is 15.9. The Bertz CT molecular complexity index is 471. The van der Waals surface area contributed by atoms with E-state index < -0.39 is 42.2 Å². The van der Waals surface area contributed by atoms with Crippen molar-refractivity contribution >= 4 is 0 Å². The minimum atomic E-state index is -5.03. The van der Waals surface area contributed by atoms with Gasteiger partial charge in [-0.25, -0.2) is 0 Å². The number of halogens is 3. The molecule has 0 fully saturated rings. The predicted molar refractivity (Wildman–Crippen MR) is 47.2 cm³/mol. The van der Waals surface area contributed by atoms with E-state index in [1.807, 2.05) is 0 Å². The summed E-state index contributed by atoms with van der Waals surface area (Å²) in [6.45, 7) is 3.18. The Hall–Kier alpha value is -1.19. The van der Waals surface area contributed by atoms with Crippen molar-refractivity contribution in [2.45, 2.75) is 26.1 Å². The summed E-state index contributed by atoms with van der Waals surface area (Å²) in [5.74, 6) is -1.43. The average Bonchev–Trinajstić information content (AvgIpc) is 2.20. The van der Waals surface area contributed by atoms with Crippen molar-refractivity contribution in [1.29, 1.82) is 0 Å². The second kappa shape index (κ2) is 3.90. The smallest absolute Gasteiger partial charge is 0.406 e. The van der Waals surface area contributed by atoms with Crippen molar-refractivity contribution in [3.8, 4) is 5.75 Å². The van der Waals surface area contributed by atoms with Crippen LogP contribution in [0.2, 0.25) is 0 Å². The molecule has 0 unspecified atom stereocenters. The fourth-order valence-electron chi connectivity index (χ4n) is 0.796. The van der Waals surface area contributed by atoms with Gasteiger partial charge in [0.25, 0.3) is 0 Å². The molecule has 14 heavy (non-hydrogen) atoms. The van der Waals surface area contributed by atoms with Gasteiger partial charge in [-0.15, -0.1) is 13.2 Å². The molecule has 0 saturated heterocycles. The van der Waals surface area contributed by atoms with Crippen LogP contribution < -0.4 is 4.74 Å². The summed E-state index contributed by atoms with van der Waals surface area (Å²) in [6, 6.07) is -2.64. The number of benzene rings is 1. The van der Waals surface area contributed by atoms with Crippen molar-refractivity contribution in [3.63, 3.8) is 0 Å². The van der Waals surface area contributed by atoms with Crippen molar-refractivity contribution in [2.75, 3.05) is 0 Å². The fourth-order valence-corrected chi connectivity index (χ4v) is 0.796. The van der Waals surface area contributed by atoms with Gasteiger partial charge in [0.2, 0.25) is 0 Å². The Balaban J connectivity index is 3.52. The van der Waals surface area contributed by atoms with E-state index in [1.54, 1.807) is 13.8 Å². The highest BCUT2D eigenvalue weighted by atomic mass is 19.4. The van der Waals surface area contributed by atoms with Crippen LogP contribution in [0.4, 0.5) is 13.2 Å². The molecule has 0 radical (unpaired) electrons. The van der Waals surface area contributed by atoms with Crippen LogP contribution in [0.3, 0.4) is 0 Å². The van der Waals surface area contributed by atoms with Crippen molar-refractivity contribution in [2.24, 2.45) is 0 Å². The molecule has 1 aromatic carbocycles. The lowest BCUT2D eigenvalue weighted by Crippen LogP contribution is -2.17. The summed E-state index contributed by atoms with van der Waals surface area (Å²) in [7, 11) is 0. The third-order valence-electron chi connectivity index (χ3n) is 1.42. The van der Waals surface area contributed by atoms with Gasteiger partial charge in [0.1, 0.15) is 5.75 Å². The van der Waals surface area contributed by atoms with Crippen molar-refractivity contribution in [1.82, 2.24) is 0 Å². The second-order valence-corrected chi connectivity index (χ2v) is 2.95. The summed E-state index contributed by atoms with van der Waals surface area (Å²) < 4.78 is 70.0. The van der Waals surface area contributed by atoms with Crippen LogP contribution in [0.1, 0.15) is 30.8 Å². The lowest BCUT2D eigenvalue weighted by atomic mass is 10.0. The maximum absolute atomic E-state index is 12.2. The molecule has 1 rings (SSSR count). The number of hydrogen-bond acceptors (Lipinski definition) is 1. The van der Waals surface area contributed by atoms with E-state index in [0.717, 1.165) is 0 Å². The Morgan fingerprint density at radius 2 is 2.00 bits per heavy atom. The number of rotatable bonds is 2. The molecule has 0 saturated carbocycles. The first-order chi connectivity index (χ1) is 8.06. The van der Waals surface area contributed by atoms with Gasteiger partial charge in [-0.1, -0.05) is 25.9 Å². The molecular weight excluding hydrogens is 193 g/mol. The molecule has 0 aliphatic carbocycles. The molecule has 1 nitrogen and oxygen atoms in total. The van der Waals surface area contributed by atoms with Gasteiger partial charge in [0.15, 0.2) is 0 Å². The van der Waals surface area contributed by atoms with Gasteiger partial charge in [0.05, 0.1) is 5.48 Å². The average molecular weight is 208 g/mol. The summed E-state index contributed by atoms with van der Waals surface area (Å²) in [5.41, 5.74) is -0.0322. The molecule has 0 N–H and O–H groups in total. The van der Waals surface area contributed by atoms with Crippen LogP contribution in [0.25, 0.3) is 0 Å². The van der Waals surface area contributed by atoms with Crippen LogP contribution >= 0.6 is 0 Å². The van der Waals surface area contributed by atoms with E-state index in [-0.39, 0.29) is 5.56 Å². The summed E-state index contributed by atoms with van der Waals surface area (Å²) in [5, 5.41) is 0. The summed E-state index contributed by atoms with van der Waals surface area (Å²) >= 11 is 0. The highest BCUT2D eigenvalue weighted by Gasteiger charge is 2.31. The monoisotopic (exact) mass is 208 g/mol. The van der Waals surface area contributed by atoms with E-state index in [0.29, 0.717) is 0 Å². The molecule has 0 spiro atoms. The summed E-state index contributed by atoms with van der Waals surface area (Å²) in [6.07, 6.45) is -5.03. The topological polar surface area (TPSA) is 9.23 Å². The third-order valence-corrected chi connectivity index (χ3v) is 1.42. The van der Waals surface area contributed by atoms with E-state index in [1.165, 1.54) is 0 Å². The zero-order valence-corrected chi connectivity index (χ0v) is 7.62. The summed E-state index contributed by atoms with van der Waals surface area (Å²) in [4.78, 5) is 0. The van der Waals surface area contributed by atoms with Gasteiger partial charge >= 0.3 is 6.36 Å². The molecular formula is C10H11F3O. The van der Waals surface area contributed by atoms with Crippen LogP contribution in [0.5, 0.6) is 5.75 Å². The van der Waals surface area contributed by atoms with Gasteiger partial charge in [-0.05, 0) is 23.6 Å². The molecule has 0 heterocycles. The molecule has 0 aliphatic heterocycles.